The predicted molar refractivity (Wildman–Crippen MR) is 43.9 cm³/mol. The summed E-state index contributed by atoms with van der Waals surface area (Å²) in [4.78, 5) is 12.2. The quantitative estimate of drug-likeness (QED) is 0.605. The van der Waals surface area contributed by atoms with Crippen LogP contribution in [0.4, 0.5) is 0 Å². The van der Waals surface area contributed by atoms with Gasteiger partial charge >= 0.3 is 5.97 Å². The zero-order chi connectivity index (χ0) is 9.14. The molecule has 1 rings (SSSR count). The highest BCUT2D eigenvalue weighted by Crippen LogP contribution is 2.15. The predicted octanol–water partition coefficient (Wildman–Crippen LogP) is -0.226. The first-order valence-electron chi connectivity index (χ1n) is 4.22. The van der Waals surface area contributed by atoms with Crippen LogP contribution in [-0.2, 0) is 4.79 Å². The molecule has 2 N–H and O–H groups in total. The normalized spacial score (nSPS) is 31.8. The lowest BCUT2D eigenvalue weighted by Crippen LogP contribution is -2.43. The summed E-state index contributed by atoms with van der Waals surface area (Å²) in [5, 5.41) is 17.9. The number of carboxylic acids is 1. The first-order chi connectivity index (χ1) is 5.59. The molecule has 0 amide bonds. The number of hydrogen-bond acceptors (Lipinski definition) is 3. The highest BCUT2D eigenvalue weighted by molar-refractivity contribution is 5.69. The van der Waals surface area contributed by atoms with Gasteiger partial charge in [-0.25, -0.2) is 0 Å². The molecule has 1 heterocycles. The van der Waals surface area contributed by atoms with E-state index in [1.807, 2.05) is 11.8 Å². The zero-order valence-corrected chi connectivity index (χ0v) is 7.23. The second-order valence-electron chi connectivity index (χ2n) is 3.46. The van der Waals surface area contributed by atoms with Crippen LogP contribution in [0.1, 0.15) is 13.3 Å². The zero-order valence-electron chi connectivity index (χ0n) is 7.23. The molecule has 1 fully saturated rings. The lowest BCUT2D eigenvalue weighted by Gasteiger charge is -2.33. The van der Waals surface area contributed by atoms with Gasteiger partial charge in [-0.3, -0.25) is 9.69 Å². The number of aliphatic hydroxyl groups is 1. The summed E-state index contributed by atoms with van der Waals surface area (Å²) in [5.41, 5.74) is 0. The fourth-order valence-corrected chi connectivity index (χ4v) is 1.55. The molecule has 1 aliphatic heterocycles. The summed E-state index contributed by atoms with van der Waals surface area (Å²) in [5.74, 6) is -0.600. The van der Waals surface area contributed by atoms with Gasteiger partial charge < -0.3 is 10.2 Å². The molecule has 2 atom stereocenters. The molecule has 0 aliphatic carbocycles. The Hall–Kier alpha value is -0.610. The number of rotatable bonds is 2. The van der Waals surface area contributed by atoms with E-state index in [-0.39, 0.29) is 18.6 Å². The Morgan fingerprint density at radius 2 is 2.33 bits per heavy atom. The van der Waals surface area contributed by atoms with Gasteiger partial charge in [-0.15, -0.1) is 0 Å². The molecule has 1 saturated heterocycles. The van der Waals surface area contributed by atoms with E-state index >= 15 is 0 Å². The molecule has 0 unspecified atom stereocenters. The Morgan fingerprint density at radius 1 is 1.67 bits per heavy atom. The summed E-state index contributed by atoms with van der Waals surface area (Å²) >= 11 is 0. The van der Waals surface area contributed by atoms with Crippen molar-refractivity contribution in [3.8, 4) is 0 Å². The lowest BCUT2D eigenvalue weighted by atomic mass is 9.97. The van der Waals surface area contributed by atoms with E-state index in [0.717, 1.165) is 0 Å². The molecule has 1 aliphatic rings. The Bertz CT molecular complexity index is 172. The number of nitrogens with zero attached hydrogens (tertiary/aromatic N) is 1. The third kappa shape index (κ3) is 2.46. The van der Waals surface area contributed by atoms with Gasteiger partial charge in [-0.05, 0) is 12.3 Å². The van der Waals surface area contributed by atoms with Crippen molar-refractivity contribution in [1.29, 1.82) is 0 Å². The fourth-order valence-electron chi connectivity index (χ4n) is 1.55. The maximum Gasteiger partial charge on any atom is 0.317 e. The van der Waals surface area contributed by atoms with Gasteiger partial charge in [-0.2, -0.15) is 0 Å². The Labute approximate surface area is 71.8 Å². The Balaban J connectivity index is 2.35. The standard InChI is InChI=1S/C8H15NO3/c1-6-4-9(5-8(11)12)3-2-7(6)10/h6-7,10H,2-5H2,1H3,(H,11,12)/t6-,7-/m1/s1. The number of hydrogen-bond donors (Lipinski definition) is 2. The summed E-state index contributed by atoms with van der Waals surface area (Å²) in [7, 11) is 0. The van der Waals surface area contributed by atoms with Crippen molar-refractivity contribution >= 4 is 5.97 Å². The van der Waals surface area contributed by atoms with E-state index in [4.69, 9.17) is 5.11 Å². The van der Waals surface area contributed by atoms with Gasteiger partial charge in [0.25, 0.3) is 0 Å². The van der Waals surface area contributed by atoms with Crippen LogP contribution in [0.5, 0.6) is 0 Å². The SMILES string of the molecule is C[C@@H]1CN(CC(=O)O)CC[C@H]1O. The molecule has 0 aromatic heterocycles. The highest BCUT2D eigenvalue weighted by atomic mass is 16.4. The first-order valence-corrected chi connectivity index (χ1v) is 4.22. The van der Waals surface area contributed by atoms with Gasteiger partial charge in [-0.1, -0.05) is 6.92 Å². The molecule has 0 spiro atoms. The van der Waals surface area contributed by atoms with E-state index in [1.54, 1.807) is 0 Å². The smallest absolute Gasteiger partial charge is 0.317 e. The molecule has 0 saturated carbocycles. The maximum atomic E-state index is 10.4. The number of aliphatic carboxylic acids is 1. The van der Waals surface area contributed by atoms with Crippen LogP contribution in [0.3, 0.4) is 0 Å². The largest absolute Gasteiger partial charge is 0.480 e. The molecule has 4 heteroatoms. The number of carbonyl (C=O) groups is 1. The Morgan fingerprint density at radius 3 is 2.83 bits per heavy atom. The van der Waals surface area contributed by atoms with Crippen LogP contribution in [0.25, 0.3) is 0 Å². The van der Waals surface area contributed by atoms with Crippen molar-refractivity contribution in [3.05, 3.63) is 0 Å². The van der Waals surface area contributed by atoms with Gasteiger partial charge in [0, 0.05) is 13.1 Å². The highest BCUT2D eigenvalue weighted by Gasteiger charge is 2.24. The molecule has 0 aromatic carbocycles. The van der Waals surface area contributed by atoms with Crippen molar-refractivity contribution < 1.29 is 15.0 Å². The van der Waals surface area contributed by atoms with Gasteiger partial charge in [0.2, 0.25) is 0 Å². The molecule has 0 aromatic rings. The summed E-state index contributed by atoms with van der Waals surface area (Å²) in [6.45, 7) is 3.42. The van der Waals surface area contributed by atoms with Crippen molar-refractivity contribution in [2.45, 2.75) is 19.4 Å². The topological polar surface area (TPSA) is 60.8 Å². The maximum absolute atomic E-state index is 10.4. The van der Waals surface area contributed by atoms with Crippen LogP contribution in [-0.4, -0.2) is 46.8 Å². The second kappa shape index (κ2) is 3.87. The fraction of sp³-hybridized carbons (Fsp3) is 0.875. The third-order valence-corrected chi connectivity index (χ3v) is 2.30. The molecule has 0 radical (unpaired) electrons. The van der Waals surface area contributed by atoms with Gasteiger partial charge in [0.05, 0.1) is 12.6 Å². The molecular weight excluding hydrogens is 158 g/mol. The van der Waals surface area contributed by atoms with E-state index in [0.29, 0.717) is 19.5 Å². The minimum absolute atomic E-state index is 0.0943. The minimum atomic E-state index is -0.793. The molecule has 70 valence electrons. The summed E-state index contributed by atoms with van der Waals surface area (Å²) < 4.78 is 0. The van der Waals surface area contributed by atoms with Crippen LogP contribution in [0.2, 0.25) is 0 Å². The molecule has 0 bridgehead atoms. The summed E-state index contributed by atoms with van der Waals surface area (Å²) in [6, 6.07) is 0. The number of likely N-dealkylation sites (tertiary alicyclic amines) is 1. The monoisotopic (exact) mass is 173 g/mol. The van der Waals surface area contributed by atoms with E-state index in [9.17, 15) is 9.90 Å². The van der Waals surface area contributed by atoms with Crippen LogP contribution < -0.4 is 0 Å². The van der Waals surface area contributed by atoms with Gasteiger partial charge in [0.1, 0.15) is 0 Å². The number of aliphatic hydroxyl groups excluding tert-OH is 1. The average molecular weight is 173 g/mol. The van der Waals surface area contributed by atoms with Crippen molar-refractivity contribution in [3.63, 3.8) is 0 Å². The number of piperidine rings is 1. The lowest BCUT2D eigenvalue weighted by molar-refractivity contribution is -0.139. The van der Waals surface area contributed by atoms with Crippen LogP contribution in [0, 0.1) is 5.92 Å². The molecule has 12 heavy (non-hydrogen) atoms. The van der Waals surface area contributed by atoms with Crippen molar-refractivity contribution in [2.75, 3.05) is 19.6 Å². The van der Waals surface area contributed by atoms with Crippen molar-refractivity contribution in [2.24, 2.45) is 5.92 Å². The number of carboxylic acid groups (broad SMARTS) is 1. The van der Waals surface area contributed by atoms with E-state index in [2.05, 4.69) is 0 Å². The minimum Gasteiger partial charge on any atom is -0.480 e. The molecular formula is C8H15NO3. The van der Waals surface area contributed by atoms with E-state index < -0.39 is 5.97 Å². The summed E-state index contributed by atoms with van der Waals surface area (Å²) in [6.07, 6.45) is 0.434. The van der Waals surface area contributed by atoms with Gasteiger partial charge in [0.15, 0.2) is 0 Å². The third-order valence-electron chi connectivity index (χ3n) is 2.30. The average Bonchev–Trinajstić information content (AvgIpc) is 1.96. The van der Waals surface area contributed by atoms with Crippen LogP contribution in [0.15, 0.2) is 0 Å². The van der Waals surface area contributed by atoms with E-state index in [1.165, 1.54) is 0 Å². The molecule has 4 nitrogen and oxygen atoms in total. The van der Waals surface area contributed by atoms with Crippen LogP contribution >= 0.6 is 0 Å². The second-order valence-corrected chi connectivity index (χ2v) is 3.46. The van der Waals surface area contributed by atoms with Crippen molar-refractivity contribution in [1.82, 2.24) is 4.90 Å². The first kappa shape index (κ1) is 9.48. The Kier molecular flexibility index (Phi) is 3.05.